The predicted molar refractivity (Wildman–Crippen MR) is 288 cm³/mol. The molecule has 0 spiro atoms. The fourth-order valence-corrected chi connectivity index (χ4v) is 10.4. The van der Waals surface area contributed by atoms with E-state index >= 15 is 0 Å². The summed E-state index contributed by atoms with van der Waals surface area (Å²) in [6.07, 6.45) is 0. The minimum atomic E-state index is 0.897. The Bertz CT molecular complexity index is 4010. The molecule has 0 saturated heterocycles. The Hall–Kier alpha value is -8.98. The third-order valence-corrected chi connectivity index (χ3v) is 13.7. The van der Waals surface area contributed by atoms with Gasteiger partial charge in [-0.2, -0.15) is 0 Å². The van der Waals surface area contributed by atoms with Crippen LogP contribution in [0.5, 0.6) is 0 Å². The van der Waals surface area contributed by atoms with Crippen molar-refractivity contribution < 1.29 is 4.42 Å². The van der Waals surface area contributed by atoms with Crippen LogP contribution in [0, 0.1) is 0 Å². The van der Waals surface area contributed by atoms with Gasteiger partial charge >= 0.3 is 0 Å². The molecule has 0 aliphatic carbocycles. The zero-order valence-corrected chi connectivity index (χ0v) is 37.2. The molecule has 318 valence electrons. The molecule has 0 bridgehead atoms. The van der Waals surface area contributed by atoms with Gasteiger partial charge in [-0.05, 0) is 125 Å². The summed E-state index contributed by atoms with van der Waals surface area (Å²) >= 11 is 0. The largest absolute Gasteiger partial charge is 0.455 e. The number of anilines is 3. The molecule has 12 aromatic carbocycles. The molecule has 13 rings (SSSR count). The van der Waals surface area contributed by atoms with Crippen molar-refractivity contribution in [2.75, 3.05) is 4.90 Å². The summed E-state index contributed by atoms with van der Waals surface area (Å²) in [7, 11) is 0. The Morgan fingerprint density at radius 1 is 0.250 bits per heavy atom. The predicted octanol–water partition coefficient (Wildman–Crippen LogP) is 18.9. The molecule has 0 aliphatic heterocycles. The number of benzene rings is 12. The van der Waals surface area contributed by atoms with Gasteiger partial charge < -0.3 is 9.32 Å². The van der Waals surface area contributed by atoms with E-state index in [0.717, 1.165) is 72.4 Å². The smallest absolute Gasteiger partial charge is 0.143 e. The molecule has 0 amide bonds. The molecule has 1 heterocycles. The third-order valence-electron chi connectivity index (χ3n) is 13.7. The van der Waals surface area contributed by atoms with Gasteiger partial charge in [0.15, 0.2) is 0 Å². The van der Waals surface area contributed by atoms with E-state index in [-0.39, 0.29) is 0 Å². The highest BCUT2D eigenvalue weighted by Crippen LogP contribution is 2.46. The molecule has 0 fully saturated rings. The molecule has 0 unspecified atom stereocenters. The van der Waals surface area contributed by atoms with Crippen molar-refractivity contribution in [3.8, 4) is 55.6 Å². The first-order chi connectivity index (χ1) is 33.7. The highest BCUT2D eigenvalue weighted by Gasteiger charge is 2.21. The molecule has 0 saturated carbocycles. The minimum Gasteiger partial charge on any atom is -0.455 e. The Morgan fingerprint density at radius 2 is 0.779 bits per heavy atom. The maximum Gasteiger partial charge on any atom is 0.143 e. The lowest BCUT2D eigenvalue weighted by molar-refractivity contribution is 0.670. The second-order valence-corrected chi connectivity index (χ2v) is 17.6. The zero-order chi connectivity index (χ0) is 45.0. The summed E-state index contributed by atoms with van der Waals surface area (Å²) in [6, 6.07) is 94.6. The number of fused-ring (bicyclic) bond motifs is 7. The zero-order valence-electron chi connectivity index (χ0n) is 37.2. The van der Waals surface area contributed by atoms with Gasteiger partial charge in [-0.3, -0.25) is 0 Å². The van der Waals surface area contributed by atoms with Crippen LogP contribution >= 0.6 is 0 Å². The number of rotatable bonds is 8. The number of hydrogen-bond acceptors (Lipinski definition) is 2. The monoisotopic (exact) mass is 865 g/mol. The number of furan rings is 1. The minimum absolute atomic E-state index is 0.897. The van der Waals surface area contributed by atoms with Gasteiger partial charge in [0, 0.05) is 33.3 Å². The summed E-state index contributed by atoms with van der Waals surface area (Å²) in [4.78, 5) is 2.43. The number of hydrogen-bond donors (Lipinski definition) is 0. The van der Waals surface area contributed by atoms with Crippen LogP contribution in [-0.4, -0.2) is 0 Å². The Kier molecular flexibility index (Phi) is 9.54. The van der Waals surface area contributed by atoms with E-state index < -0.39 is 0 Å². The standard InChI is InChI=1S/C66H43NO/c1-2-15-46(16-3-1)57-40-35-51(63-42-50-18-5-7-23-56(50)59-24-8-9-25-60(59)63)43-64(57)67(53-38-33-47(34-39-53)58-28-14-29-62-61-26-10-11-30-65(61)68-66(58)62)52-36-31-44(32-37-52)48-20-12-21-49(41-48)55-27-13-19-45-17-4-6-22-54(45)55/h1-43H. The Labute approximate surface area is 395 Å². The fourth-order valence-electron chi connectivity index (χ4n) is 10.4. The van der Waals surface area contributed by atoms with Crippen LogP contribution in [0.15, 0.2) is 265 Å². The summed E-state index contributed by atoms with van der Waals surface area (Å²) in [5.74, 6) is 0. The normalized spacial score (nSPS) is 11.5. The van der Waals surface area contributed by atoms with Crippen molar-refractivity contribution in [2.45, 2.75) is 0 Å². The first-order valence-corrected chi connectivity index (χ1v) is 23.3. The summed E-state index contributed by atoms with van der Waals surface area (Å²) in [5.41, 5.74) is 16.6. The van der Waals surface area contributed by atoms with Crippen molar-refractivity contribution >= 4 is 71.3 Å². The van der Waals surface area contributed by atoms with Crippen molar-refractivity contribution in [3.63, 3.8) is 0 Å². The van der Waals surface area contributed by atoms with E-state index in [9.17, 15) is 0 Å². The third kappa shape index (κ3) is 6.82. The van der Waals surface area contributed by atoms with Crippen molar-refractivity contribution in [3.05, 3.63) is 261 Å². The van der Waals surface area contributed by atoms with Crippen LogP contribution in [0.4, 0.5) is 17.1 Å². The van der Waals surface area contributed by atoms with Crippen molar-refractivity contribution in [1.29, 1.82) is 0 Å². The fraction of sp³-hybridized carbons (Fsp3) is 0. The molecule has 2 nitrogen and oxygen atoms in total. The molecule has 0 N–H and O–H groups in total. The molecule has 0 atom stereocenters. The van der Waals surface area contributed by atoms with Crippen LogP contribution in [0.2, 0.25) is 0 Å². The molecular formula is C66H43NO. The second kappa shape index (κ2) is 16.5. The lowest BCUT2D eigenvalue weighted by Crippen LogP contribution is -2.11. The highest BCUT2D eigenvalue weighted by molar-refractivity contribution is 6.14. The van der Waals surface area contributed by atoms with E-state index in [2.05, 4.69) is 254 Å². The Morgan fingerprint density at radius 3 is 1.59 bits per heavy atom. The maximum atomic E-state index is 6.52. The number of para-hydroxylation sites is 2. The van der Waals surface area contributed by atoms with Gasteiger partial charge in [-0.15, -0.1) is 0 Å². The molecule has 0 aliphatic rings. The quantitative estimate of drug-likeness (QED) is 0.142. The van der Waals surface area contributed by atoms with Crippen LogP contribution in [0.25, 0.3) is 110 Å². The van der Waals surface area contributed by atoms with Gasteiger partial charge in [0.25, 0.3) is 0 Å². The van der Waals surface area contributed by atoms with E-state index in [4.69, 9.17) is 4.42 Å². The molecular weight excluding hydrogens is 823 g/mol. The molecule has 68 heavy (non-hydrogen) atoms. The molecule has 1 aromatic heterocycles. The SMILES string of the molecule is c1ccc(-c2ccc(-c3cc4ccccc4c4ccccc34)cc2N(c2ccc(-c3cccc(-c4cccc5ccccc45)c3)cc2)c2ccc(-c3cccc4c3oc3ccccc34)cc2)cc1. The second-order valence-electron chi connectivity index (χ2n) is 17.6. The molecule has 2 heteroatoms. The van der Waals surface area contributed by atoms with E-state index in [1.807, 2.05) is 12.1 Å². The maximum absolute atomic E-state index is 6.52. The van der Waals surface area contributed by atoms with Crippen LogP contribution < -0.4 is 4.90 Å². The first-order valence-electron chi connectivity index (χ1n) is 23.3. The lowest BCUT2D eigenvalue weighted by Gasteiger charge is -2.29. The summed E-state index contributed by atoms with van der Waals surface area (Å²) < 4.78 is 6.52. The van der Waals surface area contributed by atoms with Gasteiger partial charge in [0.05, 0.1) is 5.69 Å². The van der Waals surface area contributed by atoms with Crippen LogP contribution in [0.1, 0.15) is 0 Å². The van der Waals surface area contributed by atoms with Gasteiger partial charge in [-0.1, -0.05) is 212 Å². The van der Waals surface area contributed by atoms with E-state index in [1.165, 1.54) is 54.6 Å². The lowest BCUT2D eigenvalue weighted by atomic mass is 9.91. The average Bonchev–Trinajstić information content (AvgIpc) is 3.80. The van der Waals surface area contributed by atoms with Gasteiger partial charge in [0.1, 0.15) is 11.2 Å². The van der Waals surface area contributed by atoms with E-state index in [1.54, 1.807) is 0 Å². The first kappa shape index (κ1) is 39.4. The topological polar surface area (TPSA) is 16.4 Å². The summed E-state index contributed by atoms with van der Waals surface area (Å²) in [6.45, 7) is 0. The van der Waals surface area contributed by atoms with Gasteiger partial charge in [-0.25, -0.2) is 0 Å². The van der Waals surface area contributed by atoms with Gasteiger partial charge in [0.2, 0.25) is 0 Å². The Balaban J connectivity index is 0.984. The van der Waals surface area contributed by atoms with Crippen molar-refractivity contribution in [2.24, 2.45) is 0 Å². The molecule has 13 aromatic rings. The molecule has 0 radical (unpaired) electrons. The summed E-state index contributed by atoms with van der Waals surface area (Å²) in [5, 5.41) is 9.72. The van der Waals surface area contributed by atoms with Crippen LogP contribution in [-0.2, 0) is 0 Å². The van der Waals surface area contributed by atoms with Crippen LogP contribution in [0.3, 0.4) is 0 Å². The van der Waals surface area contributed by atoms with E-state index in [0.29, 0.717) is 0 Å². The number of nitrogens with zero attached hydrogens (tertiary/aromatic N) is 1. The average molecular weight is 866 g/mol. The highest BCUT2D eigenvalue weighted by atomic mass is 16.3. The van der Waals surface area contributed by atoms with Crippen molar-refractivity contribution in [1.82, 2.24) is 0 Å².